The van der Waals surface area contributed by atoms with Gasteiger partial charge in [0.05, 0.1) is 23.5 Å². The molecule has 0 fully saturated rings. The van der Waals surface area contributed by atoms with E-state index in [0.29, 0.717) is 17.4 Å². The van der Waals surface area contributed by atoms with Gasteiger partial charge in [0.1, 0.15) is 5.82 Å². The van der Waals surface area contributed by atoms with Crippen LogP contribution in [0.1, 0.15) is 32.0 Å². The van der Waals surface area contributed by atoms with Gasteiger partial charge in [-0.25, -0.2) is 22.6 Å². The Morgan fingerprint density at radius 3 is 2.39 bits per heavy atom. The first-order chi connectivity index (χ1) is 15.5. The summed E-state index contributed by atoms with van der Waals surface area (Å²) < 4.78 is 42.0. The maximum Gasteiger partial charge on any atom is 0.324 e. The summed E-state index contributed by atoms with van der Waals surface area (Å²) in [5.74, 6) is -4.44. The van der Waals surface area contributed by atoms with Gasteiger partial charge in [-0.05, 0) is 29.8 Å². The minimum atomic E-state index is -1.68. The summed E-state index contributed by atoms with van der Waals surface area (Å²) in [4.78, 5) is 24.3. The Morgan fingerprint density at radius 2 is 1.73 bits per heavy atom. The molecule has 0 radical (unpaired) electrons. The zero-order valence-electron chi connectivity index (χ0n) is 18.6. The molecule has 0 saturated heterocycles. The molecule has 1 aromatic heterocycles. The normalized spacial score (nSPS) is 11.2. The molecule has 174 valence electrons. The standard InChI is InChI=1S/C23H24F3N5O2/c1-23(2,3)17-12-18(29-22(33)28-16-9-8-15(24)20(25)21(16)26)31(30-17)14-7-5-6-13(10-14)11-19(32)27-4/h5-10,12H,11H2,1-4H3,(H,27,32)(H2,28,29,33). The van der Waals surface area contributed by atoms with E-state index in [1.54, 1.807) is 37.4 Å². The van der Waals surface area contributed by atoms with Crippen molar-refractivity contribution in [1.82, 2.24) is 15.1 Å². The van der Waals surface area contributed by atoms with Crippen LogP contribution in [0.4, 0.5) is 29.5 Å². The van der Waals surface area contributed by atoms with Crippen LogP contribution in [0.25, 0.3) is 5.69 Å². The Bertz CT molecular complexity index is 1200. The molecular weight excluding hydrogens is 435 g/mol. The number of benzene rings is 2. The quantitative estimate of drug-likeness (QED) is 0.490. The number of halogens is 3. The minimum absolute atomic E-state index is 0.158. The smallest absolute Gasteiger partial charge is 0.324 e. The van der Waals surface area contributed by atoms with E-state index in [4.69, 9.17) is 0 Å². The van der Waals surface area contributed by atoms with Crippen LogP contribution < -0.4 is 16.0 Å². The summed E-state index contributed by atoms with van der Waals surface area (Å²) in [6.45, 7) is 5.84. The van der Waals surface area contributed by atoms with E-state index in [2.05, 4.69) is 21.0 Å². The number of hydrogen-bond donors (Lipinski definition) is 3. The van der Waals surface area contributed by atoms with Gasteiger partial charge in [-0.2, -0.15) is 5.10 Å². The van der Waals surface area contributed by atoms with Gasteiger partial charge in [-0.1, -0.05) is 32.9 Å². The van der Waals surface area contributed by atoms with Crippen LogP contribution in [0.2, 0.25) is 0 Å². The van der Waals surface area contributed by atoms with Crippen molar-refractivity contribution in [2.24, 2.45) is 0 Å². The second-order valence-corrected chi connectivity index (χ2v) is 8.40. The van der Waals surface area contributed by atoms with Gasteiger partial charge in [0.15, 0.2) is 17.5 Å². The van der Waals surface area contributed by atoms with Gasteiger partial charge in [-0.3, -0.25) is 10.1 Å². The lowest BCUT2D eigenvalue weighted by molar-refractivity contribution is -0.119. The van der Waals surface area contributed by atoms with Gasteiger partial charge < -0.3 is 10.6 Å². The van der Waals surface area contributed by atoms with Crippen LogP contribution in [0.5, 0.6) is 0 Å². The van der Waals surface area contributed by atoms with E-state index < -0.39 is 29.2 Å². The number of anilines is 2. The lowest BCUT2D eigenvalue weighted by atomic mass is 9.92. The van der Waals surface area contributed by atoms with Gasteiger partial charge in [-0.15, -0.1) is 0 Å². The molecule has 3 rings (SSSR count). The lowest BCUT2D eigenvalue weighted by Gasteiger charge is -2.14. The second-order valence-electron chi connectivity index (χ2n) is 8.40. The number of nitrogens with one attached hydrogen (secondary N) is 3. The largest absolute Gasteiger partial charge is 0.359 e. The molecule has 0 bridgehead atoms. The van der Waals surface area contributed by atoms with Crippen molar-refractivity contribution in [1.29, 1.82) is 0 Å². The Labute approximate surface area is 189 Å². The van der Waals surface area contributed by atoms with E-state index in [1.165, 1.54) is 4.68 Å². The molecule has 3 N–H and O–H groups in total. The highest BCUT2D eigenvalue weighted by atomic mass is 19.2. The third-order valence-electron chi connectivity index (χ3n) is 4.80. The molecule has 0 saturated carbocycles. The zero-order chi connectivity index (χ0) is 24.3. The highest BCUT2D eigenvalue weighted by Gasteiger charge is 2.22. The maximum absolute atomic E-state index is 13.9. The molecule has 7 nitrogen and oxygen atoms in total. The Balaban J connectivity index is 1.93. The molecule has 3 amide bonds. The fraction of sp³-hybridized carbons (Fsp3) is 0.261. The van der Waals surface area contributed by atoms with Gasteiger partial charge in [0.25, 0.3) is 0 Å². The molecular formula is C23H24F3N5O2. The monoisotopic (exact) mass is 459 g/mol. The summed E-state index contributed by atoms with van der Waals surface area (Å²) in [6, 6.07) is 9.49. The van der Waals surface area contributed by atoms with E-state index in [9.17, 15) is 22.8 Å². The van der Waals surface area contributed by atoms with Crippen LogP contribution in [0.3, 0.4) is 0 Å². The number of amides is 3. The number of hydrogen-bond acceptors (Lipinski definition) is 3. The SMILES string of the molecule is CNC(=O)Cc1cccc(-n2nc(C(C)(C)C)cc2NC(=O)Nc2ccc(F)c(F)c2F)c1. The van der Waals surface area contributed by atoms with Crippen molar-refractivity contribution in [3.63, 3.8) is 0 Å². The topological polar surface area (TPSA) is 88.1 Å². The van der Waals surface area contributed by atoms with E-state index in [1.807, 2.05) is 20.8 Å². The maximum atomic E-state index is 13.9. The van der Waals surface area contributed by atoms with E-state index in [0.717, 1.165) is 11.6 Å². The number of aromatic nitrogens is 2. The predicted molar refractivity (Wildman–Crippen MR) is 119 cm³/mol. The third kappa shape index (κ3) is 5.51. The first-order valence-electron chi connectivity index (χ1n) is 10.1. The number of likely N-dealkylation sites (N-methyl/N-ethyl adjacent to an activating group) is 1. The van der Waals surface area contributed by atoms with Crippen molar-refractivity contribution >= 4 is 23.4 Å². The summed E-state index contributed by atoms with van der Waals surface area (Å²) >= 11 is 0. The van der Waals surface area contributed by atoms with Crippen molar-refractivity contribution in [3.8, 4) is 5.69 Å². The van der Waals surface area contributed by atoms with Crippen LogP contribution in [-0.2, 0) is 16.6 Å². The lowest BCUT2D eigenvalue weighted by Crippen LogP contribution is -2.22. The third-order valence-corrected chi connectivity index (χ3v) is 4.80. The molecule has 3 aromatic rings. The number of carbonyl (C=O) groups is 2. The number of carbonyl (C=O) groups excluding carboxylic acids is 2. The van der Waals surface area contributed by atoms with Crippen LogP contribution in [-0.4, -0.2) is 28.8 Å². The average Bonchev–Trinajstić information content (AvgIpc) is 3.18. The molecule has 33 heavy (non-hydrogen) atoms. The first-order valence-corrected chi connectivity index (χ1v) is 10.1. The Morgan fingerprint density at radius 1 is 1.00 bits per heavy atom. The molecule has 1 heterocycles. The molecule has 0 spiro atoms. The summed E-state index contributed by atoms with van der Waals surface area (Å²) in [7, 11) is 1.55. The van der Waals surface area contributed by atoms with Gasteiger partial charge in [0, 0.05) is 18.5 Å². The van der Waals surface area contributed by atoms with Crippen LogP contribution in [0.15, 0.2) is 42.5 Å². The van der Waals surface area contributed by atoms with Gasteiger partial charge >= 0.3 is 6.03 Å². The molecule has 0 aliphatic carbocycles. The van der Waals surface area contributed by atoms with Crippen molar-refractivity contribution < 1.29 is 22.8 Å². The molecule has 0 atom stereocenters. The Hall–Kier alpha value is -3.82. The molecule has 0 aliphatic heterocycles. The minimum Gasteiger partial charge on any atom is -0.359 e. The summed E-state index contributed by atoms with van der Waals surface area (Å²) in [5.41, 5.74) is 1.11. The summed E-state index contributed by atoms with van der Waals surface area (Å²) in [5, 5.41) is 11.9. The van der Waals surface area contributed by atoms with E-state index >= 15 is 0 Å². The van der Waals surface area contributed by atoms with Crippen molar-refractivity contribution in [3.05, 3.63) is 71.2 Å². The molecule has 2 aromatic carbocycles. The zero-order valence-corrected chi connectivity index (χ0v) is 18.6. The fourth-order valence-corrected chi connectivity index (χ4v) is 3.00. The highest BCUT2D eigenvalue weighted by molar-refractivity contribution is 5.99. The Kier molecular flexibility index (Phi) is 6.75. The number of rotatable bonds is 5. The predicted octanol–water partition coefficient (Wildman–Crippen LogP) is 4.52. The molecule has 0 aliphatic rings. The number of urea groups is 1. The molecule has 10 heteroatoms. The number of nitrogens with zero attached hydrogens (tertiary/aromatic N) is 2. The van der Waals surface area contributed by atoms with Gasteiger partial charge in [0.2, 0.25) is 5.91 Å². The van der Waals surface area contributed by atoms with Crippen LogP contribution >= 0.6 is 0 Å². The summed E-state index contributed by atoms with van der Waals surface area (Å²) in [6.07, 6.45) is 0.163. The highest BCUT2D eigenvalue weighted by Crippen LogP contribution is 2.27. The van der Waals surface area contributed by atoms with E-state index in [-0.39, 0.29) is 23.6 Å². The second kappa shape index (κ2) is 9.35. The first kappa shape index (κ1) is 23.8. The van der Waals surface area contributed by atoms with Crippen LogP contribution in [0, 0.1) is 17.5 Å². The fourth-order valence-electron chi connectivity index (χ4n) is 3.00. The van der Waals surface area contributed by atoms with Crippen molar-refractivity contribution in [2.45, 2.75) is 32.6 Å². The van der Waals surface area contributed by atoms with Crippen molar-refractivity contribution in [2.75, 3.05) is 17.7 Å². The molecule has 0 unspecified atom stereocenters. The average molecular weight is 459 g/mol.